The van der Waals surface area contributed by atoms with Crippen LogP contribution in [-0.2, 0) is 35.2 Å². The highest BCUT2D eigenvalue weighted by Gasteiger charge is 2.46. The van der Waals surface area contributed by atoms with Gasteiger partial charge in [-0.1, -0.05) is 30.3 Å². The summed E-state index contributed by atoms with van der Waals surface area (Å²) in [6, 6.07) is 20.3. The maximum atomic E-state index is 13.4. The van der Waals surface area contributed by atoms with Crippen LogP contribution in [0, 0.1) is 18.2 Å². The number of benzene rings is 3. The summed E-state index contributed by atoms with van der Waals surface area (Å²) < 4.78 is 36.8. The Labute approximate surface area is 231 Å². The van der Waals surface area contributed by atoms with E-state index in [4.69, 9.17) is 10.1 Å². The maximum Gasteiger partial charge on any atom is 0.211 e. The number of aryl methyl sites for hydroxylation is 2. The second kappa shape index (κ2) is 11.7. The van der Waals surface area contributed by atoms with Gasteiger partial charge in [-0.15, -0.1) is 4.31 Å². The van der Waals surface area contributed by atoms with Crippen LogP contribution >= 0.6 is 0 Å². The van der Waals surface area contributed by atoms with Crippen molar-refractivity contribution in [2.24, 2.45) is 7.05 Å². The molecular formula is C30H32FN5O2S. The SMILES string of the molecule is Cc1cc(Nc2ccc(F)cc2)c(C=N)cc1C1(COCc2ccccc2)CCN([S+]([O-])c2cnn(C)c2)C1. The molecule has 0 saturated carbocycles. The van der Waals surface area contributed by atoms with Gasteiger partial charge >= 0.3 is 0 Å². The average molecular weight is 546 g/mol. The van der Waals surface area contributed by atoms with E-state index in [2.05, 4.69) is 17.3 Å². The predicted molar refractivity (Wildman–Crippen MR) is 152 cm³/mol. The molecule has 202 valence electrons. The Kier molecular flexibility index (Phi) is 8.13. The van der Waals surface area contributed by atoms with Crippen molar-refractivity contribution in [2.45, 2.75) is 30.3 Å². The Morgan fingerprint density at radius 3 is 2.64 bits per heavy atom. The number of aromatic nitrogens is 2. The molecule has 1 fully saturated rings. The highest BCUT2D eigenvalue weighted by Crippen LogP contribution is 2.41. The summed E-state index contributed by atoms with van der Waals surface area (Å²) in [5, 5.41) is 15.6. The van der Waals surface area contributed by atoms with Gasteiger partial charge < -0.3 is 20.0 Å². The van der Waals surface area contributed by atoms with Crippen LogP contribution in [0.4, 0.5) is 15.8 Å². The van der Waals surface area contributed by atoms with E-state index in [-0.39, 0.29) is 5.82 Å². The third kappa shape index (κ3) is 6.07. The number of anilines is 2. The van der Waals surface area contributed by atoms with Gasteiger partial charge in [0.25, 0.3) is 0 Å². The average Bonchev–Trinajstić information content (AvgIpc) is 3.58. The number of ether oxygens (including phenoxy) is 1. The summed E-state index contributed by atoms with van der Waals surface area (Å²) in [6.45, 7) is 4.18. The number of hydrogen-bond acceptors (Lipinski definition) is 6. The zero-order valence-electron chi connectivity index (χ0n) is 22.1. The molecule has 4 aromatic rings. The van der Waals surface area contributed by atoms with Crippen molar-refractivity contribution < 1.29 is 13.7 Å². The minimum atomic E-state index is -1.34. The van der Waals surface area contributed by atoms with E-state index in [0.29, 0.717) is 36.8 Å². The lowest BCUT2D eigenvalue weighted by Gasteiger charge is -2.32. The van der Waals surface area contributed by atoms with Crippen LogP contribution in [0.3, 0.4) is 0 Å². The highest BCUT2D eigenvalue weighted by molar-refractivity contribution is 7.89. The van der Waals surface area contributed by atoms with Gasteiger partial charge in [-0.2, -0.15) is 5.10 Å². The van der Waals surface area contributed by atoms with Gasteiger partial charge in [-0.05, 0) is 66.4 Å². The Bertz CT molecular complexity index is 1430. The zero-order valence-corrected chi connectivity index (χ0v) is 22.9. The molecule has 0 aliphatic carbocycles. The van der Waals surface area contributed by atoms with Gasteiger partial charge in [-0.25, -0.2) is 4.39 Å². The van der Waals surface area contributed by atoms with Crippen molar-refractivity contribution in [1.29, 1.82) is 5.41 Å². The largest absolute Gasteiger partial charge is 0.593 e. The van der Waals surface area contributed by atoms with Gasteiger partial charge in [0.2, 0.25) is 4.90 Å². The van der Waals surface area contributed by atoms with E-state index in [1.165, 1.54) is 18.3 Å². The minimum absolute atomic E-state index is 0.300. The molecule has 0 spiro atoms. The first-order chi connectivity index (χ1) is 18.9. The lowest BCUT2D eigenvalue weighted by atomic mass is 9.77. The Morgan fingerprint density at radius 2 is 1.95 bits per heavy atom. The number of hydrogen-bond donors (Lipinski definition) is 2. The second-order valence-corrected chi connectivity index (χ2v) is 11.5. The van der Waals surface area contributed by atoms with E-state index in [1.54, 1.807) is 29.2 Å². The normalized spacial score (nSPS) is 18.3. The molecule has 1 aromatic heterocycles. The fourth-order valence-electron chi connectivity index (χ4n) is 5.18. The summed E-state index contributed by atoms with van der Waals surface area (Å²) in [5.41, 5.74) is 5.03. The molecule has 0 bridgehead atoms. The first-order valence-corrected chi connectivity index (χ1v) is 13.9. The first kappa shape index (κ1) is 27.1. The standard InChI is InChI=1S/C30H32FN5O2S/c1-22-14-29(34-26-10-8-25(31)9-11-26)24(16-32)15-28(22)30(21-38-19-23-6-4-3-5-7-23)12-13-36(20-30)39(37)27-17-33-35(2)18-27/h3-11,14-18,32,34H,12-13,19-21H2,1-2H3. The Hall–Kier alpha value is -3.50. The first-order valence-electron chi connectivity index (χ1n) is 12.8. The van der Waals surface area contributed by atoms with E-state index >= 15 is 0 Å². The van der Waals surface area contributed by atoms with Gasteiger partial charge in [0.15, 0.2) is 0 Å². The summed E-state index contributed by atoms with van der Waals surface area (Å²) >= 11 is -1.34. The predicted octanol–water partition coefficient (Wildman–Crippen LogP) is 5.49. The number of halogens is 1. The highest BCUT2D eigenvalue weighted by atomic mass is 32.2. The van der Waals surface area contributed by atoms with Crippen molar-refractivity contribution in [2.75, 3.05) is 25.0 Å². The van der Waals surface area contributed by atoms with E-state index in [9.17, 15) is 8.94 Å². The quantitative estimate of drug-likeness (QED) is 0.203. The molecule has 1 aliphatic heterocycles. The molecule has 0 amide bonds. The molecule has 2 unspecified atom stereocenters. The second-order valence-electron chi connectivity index (χ2n) is 10.0. The van der Waals surface area contributed by atoms with Gasteiger partial charge in [0.1, 0.15) is 12.0 Å². The van der Waals surface area contributed by atoms with Crippen LogP contribution < -0.4 is 5.32 Å². The van der Waals surface area contributed by atoms with Crippen LogP contribution in [-0.4, -0.2) is 44.5 Å². The van der Waals surface area contributed by atoms with Crippen LogP contribution in [0.15, 0.2) is 84.0 Å². The molecule has 2 heterocycles. The minimum Gasteiger partial charge on any atom is -0.593 e. The van der Waals surface area contributed by atoms with Crippen molar-refractivity contribution in [3.63, 3.8) is 0 Å². The number of nitrogens with zero attached hydrogens (tertiary/aromatic N) is 3. The molecule has 1 saturated heterocycles. The van der Waals surface area contributed by atoms with Crippen LogP contribution in [0.2, 0.25) is 0 Å². The third-order valence-corrected chi connectivity index (χ3v) is 8.57. The molecule has 7 nitrogen and oxygen atoms in total. The summed E-state index contributed by atoms with van der Waals surface area (Å²) in [4.78, 5) is 0.675. The van der Waals surface area contributed by atoms with Crippen molar-refractivity contribution in [3.8, 4) is 0 Å². The van der Waals surface area contributed by atoms with Crippen LogP contribution in [0.25, 0.3) is 0 Å². The van der Waals surface area contributed by atoms with E-state index < -0.39 is 16.8 Å². The van der Waals surface area contributed by atoms with Crippen LogP contribution in [0.5, 0.6) is 0 Å². The molecular weight excluding hydrogens is 513 g/mol. The van der Waals surface area contributed by atoms with E-state index in [1.807, 2.05) is 53.8 Å². The smallest absolute Gasteiger partial charge is 0.211 e. The summed E-state index contributed by atoms with van der Waals surface area (Å²) in [5.74, 6) is -0.300. The lowest BCUT2D eigenvalue weighted by molar-refractivity contribution is 0.0745. The topological polar surface area (TPSA) is 89.2 Å². The molecule has 2 atom stereocenters. The Morgan fingerprint density at radius 1 is 1.18 bits per heavy atom. The number of rotatable bonds is 10. The fourth-order valence-corrected chi connectivity index (χ4v) is 6.48. The molecule has 1 aliphatic rings. The summed E-state index contributed by atoms with van der Waals surface area (Å²) in [7, 11) is 1.82. The van der Waals surface area contributed by atoms with Gasteiger partial charge in [0, 0.05) is 42.2 Å². The van der Waals surface area contributed by atoms with Gasteiger partial charge in [-0.3, -0.25) is 4.68 Å². The van der Waals surface area contributed by atoms with E-state index in [0.717, 1.165) is 34.5 Å². The molecule has 5 rings (SSSR count). The molecule has 2 N–H and O–H groups in total. The zero-order chi connectivity index (χ0) is 27.4. The Balaban J connectivity index is 1.45. The van der Waals surface area contributed by atoms with Crippen molar-refractivity contribution in [3.05, 3.63) is 107 Å². The monoisotopic (exact) mass is 545 g/mol. The van der Waals surface area contributed by atoms with Crippen LogP contribution in [0.1, 0.15) is 28.7 Å². The fraction of sp³-hybridized carbons (Fsp3) is 0.267. The third-order valence-electron chi connectivity index (χ3n) is 7.17. The van der Waals surface area contributed by atoms with Gasteiger partial charge in [0.05, 0.1) is 37.3 Å². The lowest BCUT2D eigenvalue weighted by Crippen LogP contribution is -2.38. The molecule has 9 heteroatoms. The molecule has 0 radical (unpaired) electrons. The van der Waals surface area contributed by atoms with Crippen molar-refractivity contribution >= 4 is 29.0 Å². The number of nitrogens with one attached hydrogen (secondary N) is 2. The molecule has 39 heavy (non-hydrogen) atoms. The molecule has 3 aromatic carbocycles. The van der Waals surface area contributed by atoms with Crippen molar-refractivity contribution in [1.82, 2.24) is 14.1 Å². The summed E-state index contributed by atoms with van der Waals surface area (Å²) in [6.07, 6.45) is 5.53. The maximum absolute atomic E-state index is 13.4.